The second kappa shape index (κ2) is 8.97. The van der Waals surface area contributed by atoms with Gasteiger partial charge in [0.2, 0.25) is 0 Å². The molecule has 168 valence electrons. The number of ether oxygens (including phenoxy) is 1. The molecule has 11 heteroatoms. The molecular weight excluding hydrogens is 523 g/mol. The lowest BCUT2D eigenvalue weighted by molar-refractivity contribution is -0.156. The molecule has 0 saturated carbocycles. The summed E-state index contributed by atoms with van der Waals surface area (Å²) < 4.78 is 5.71. The number of hydrogen-bond donors (Lipinski definition) is 0. The number of pyridine rings is 1. The fraction of sp³-hybridized carbons (Fsp3) is 0.333. The number of esters is 1. The summed E-state index contributed by atoms with van der Waals surface area (Å²) in [6, 6.07) is 9.82. The van der Waals surface area contributed by atoms with Gasteiger partial charge < -0.3 is 4.74 Å². The lowest BCUT2D eigenvalue weighted by Crippen LogP contribution is -2.63. The van der Waals surface area contributed by atoms with Gasteiger partial charge in [-0.3, -0.25) is 9.59 Å². The number of amides is 3. The first-order valence-corrected chi connectivity index (χ1v) is 11.4. The first-order valence-electron chi connectivity index (χ1n) is 9.83. The Morgan fingerprint density at radius 3 is 2.47 bits per heavy atom. The molecule has 2 aliphatic rings. The number of aromatic nitrogens is 1. The standard InChI is InChI=1S/C21H19BrCl2N4O4/c1-32-18(29)12-26-8-2-7-21(11-13-3-5-14(22)6-4-13)19(30)27(20(31)28(21)26)15-9-16(23)25-17(24)10-15/h3-6,9-10H,2,7-8,11-12H2,1H3. The number of imide groups is 1. The molecule has 2 fully saturated rings. The van der Waals surface area contributed by atoms with Crippen LogP contribution in [0.3, 0.4) is 0 Å². The lowest BCUT2D eigenvalue weighted by atomic mass is 9.84. The van der Waals surface area contributed by atoms with Crippen molar-refractivity contribution in [3.63, 3.8) is 0 Å². The van der Waals surface area contributed by atoms with Gasteiger partial charge in [-0.15, -0.1) is 0 Å². The molecule has 0 aliphatic carbocycles. The number of carbonyl (C=O) groups is 3. The normalized spacial score (nSPS) is 21.1. The first-order chi connectivity index (χ1) is 15.2. The van der Waals surface area contributed by atoms with Gasteiger partial charge in [0.1, 0.15) is 22.4 Å². The van der Waals surface area contributed by atoms with E-state index in [1.807, 2.05) is 24.3 Å². The summed E-state index contributed by atoms with van der Waals surface area (Å²) in [5.41, 5.74) is -0.0844. The summed E-state index contributed by atoms with van der Waals surface area (Å²) in [7, 11) is 1.28. The number of fused-ring (bicyclic) bond motifs is 1. The fourth-order valence-electron chi connectivity index (χ4n) is 4.27. The van der Waals surface area contributed by atoms with Crippen LogP contribution in [0.15, 0.2) is 40.9 Å². The van der Waals surface area contributed by atoms with E-state index in [1.165, 1.54) is 24.3 Å². The quantitative estimate of drug-likeness (QED) is 0.322. The largest absolute Gasteiger partial charge is 0.468 e. The summed E-state index contributed by atoms with van der Waals surface area (Å²) in [5.74, 6) is -0.906. The van der Waals surface area contributed by atoms with Crippen LogP contribution in [0.1, 0.15) is 18.4 Å². The number of carbonyl (C=O) groups excluding carboxylic acids is 3. The van der Waals surface area contributed by atoms with Crippen molar-refractivity contribution in [2.75, 3.05) is 25.1 Å². The highest BCUT2D eigenvalue weighted by molar-refractivity contribution is 9.10. The van der Waals surface area contributed by atoms with E-state index in [0.717, 1.165) is 14.9 Å². The summed E-state index contributed by atoms with van der Waals surface area (Å²) >= 11 is 15.5. The van der Waals surface area contributed by atoms with Crippen LogP contribution in [0.4, 0.5) is 10.5 Å². The Balaban J connectivity index is 1.80. The van der Waals surface area contributed by atoms with Crippen molar-refractivity contribution in [1.29, 1.82) is 0 Å². The number of rotatable bonds is 5. The molecule has 1 atom stereocenters. The number of methoxy groups -OCH3 is 1. The SMILES string of the molecule is COC(=O)CN1CCCC2(Cc3ccc(Br)cc3)C(=O)N(c3cc(Cl)nc(Cl)c3)C(=O)N12. The molecule has 0 bridgehead atoms. The van der Waals surface area contributed by atoms with Gasteiger partial charge in [0, 0.05) is 17.4 Å². The van der Waals surface area contributed by atoms with Gasteiger partial charge in [-0.1, -0.05) is 51.3 Å². The molecule has 1 aromatic carbocycles. The molecule has 8 nitrogen and oxygen atoms in total. The minimum absolute atomic E-state index is 0.0614. The van der Waals surface area contributed by atoms with Gasteiger partial charge in [0.25, 0.3) is 5.91 Å². The molecule has 1 unspecified atom stereocenters. The van der Waals surface area contributed by atoms with E-state index >= 15 is 0 Å². The Bertz CT molecular complexity index is 1060. The molecular formula is C21H19BrCl2N4O4. The molecule has 0 spiro atoms. The summed E-state index contributed by atoms with van der Waals surface area (Å²) in [6.45, 7) is 0.283. The topological polar surface area (TPSA) is 83.0 Å². The third kappa shape index (κ3) is 4.10. The van der Waals surface area contributed by atoms with Crippen molar-refractivity contribution >= 4 is 62.7 Å². The van der Waals surface area contributed by atoms with Crippen LogP contribution < -0.4 is 4.90 Å². The maximum Gasteiger partial charge on any atom is 0.347 e. The minimum atomic E-state index is -1.20. The van der Waals surface area contributed by atoms with Gasteiger partial charge in [-0.05, 0) is 42.7 Å². The van der Waals surface area contributed by atoms with Crippen molar-refractivity contribution in [3.05, 3.63) is 56.7 Å². The van der Waals surface area contributed by atoms with E-state index in [4.69, 9.17) is 27.9 Å². The number of benzene rings is 1. The first kappa shape index (κ1) is 23.0. The highest BCUT2D eigenvalue weighted by Crippen LogP contribution is 2.42. The molecule has 2 saturated heterocycles. The zero-order valence-corrected chi connectivity index (χ0v) is 20.2. The predicted octanol–water partition coefficient (Wildman–Crippen LogP) is 4.08. The lowest BCUT2D eigenvalue weighted by Gasteiger charge is -2.45. The van der Waals surface area contributed by atoms with Crippen molar-refractivity contribution in [2.24, 2.45) is 0 Å². The van der Waals surface area contributed by atoms with E-state index < -0.39 is 23.4 Å². The van der Waals surface area contributed by atoms with E-state index in [0.29, 0.717) is 19.4 Å². The number of hydrazine groups is 1. The predicted molar refractivity (Wildman–Crippen MR) is 122 cm³/mol. The smallest absolute Gasteiger partial charge is 0.347 e. The molecule has 0 N–H and O–H groups in total. The van der Waals surface area contributed by atoms with Crippen molar-refractivity contribution in [2.45, 2.75) is 24.8 Å². The highest BCUT2D eigenvalue weighted by atomic mass is 79.9. The van der Waals surface area contributed by atoms with Gasteiger partial charge in [-0.2, -0.15) is 0 Å². The van der Waals surface area contributed by atoms with E-state index in [9.17, 15) is 14.4 Å². The van der Waals surface area contributed by atoms with Crippen LogP contribution in [0, 0.1) is 0 Å². The number of nitrogens with zero attached hydrogens (tertiary/aromatic N) is 4. The number of anilines is 1. The molecule has 3 amide bonds. The zero-order chi connectivity index (χ0) is 23.0. The Morgan fingerprint density at radius 2 is 1.84 bits per heavy atom. The van der Waals surface area contributed by atoms with E-state index in [1.54, 1.807) is 5.01 Å². The number of halogens is 3. The highest BCUT2D eigenvalue weighted by Gasteiger charge is 2.61. The van der Waals surface area contributed by atoms with Crippen LogP contribution in [-0.4, -0.2) is 58.6 Å². The van der Waals surface area contributed by atoms with Gasteiger partial charge in [-0.25, -0.2) is 24.7 Å². The maximum atomic E-state index is 13.9. The zero-order valence-electron chi connectivity index (χ0n) is 17.1. The summed E-state index contributed by atoms with van der Waals surface area (Å²) in [4.78, 5) is 44.5. The Labute approximate surface area is 203 Å². The van der Waals surface area contributed by atoms with Crippen LogP contribution in [-0.2, 0) is 20.7 Å². The van der Waals surface area contributed by atoms with Crippen molar-refractivity contribution in [3.8, 4) is 0 Å². The average molecular weight is 542 g/mol. The van der Waals surface area contributed by atoms with Crippen molar-refractivity contribution in [1.82, 2.24) is 15.0 Å². The molecule has 2 aliphatic heterocycles. The fourth-order valence-corrected chi connectivity index (χ4v) is 4.99. The number of urea groups is 1. The summed E-state index contributed by atoms with van der Waals surface area (Å²) in [6.07, 6.45) is 1.34. The van der Waals surface area contributed by atoms with Crippen molar-refractivity contribution < 1.29 is 19.1 Å². The Morgan fingerprint density at radius 1 is 1.19 bits per heavy atom. The molecule has 1 aromatic heterocycles. The van der Waals surface area contributed by atoms with Crippen LogP contribution in [0.25, 0.3) is 0 Å². The maximum absolute atomic E-state index is 13.9. The molecule has 2 aromatic rings. The molecule has 3 heterocycles. The summed E-state index contributed by atoms with van der Waals surface area (Å²) in [5, 5.41) is 3.11. The minimum Gasteiger partial charge on any atom is -0.468 e. The van der Waals surface area contributed by atoms with Gasteiger partial charge in [0.15, 0.2) is 0 Å². The van der Waals surface area contributed by atoms with Crippen LogP contribution in [0.5, 0.6) is 0 Å². The third-order valence-electron chi connectivity index (χ3n) is 5.62. The van der Waals surface area contributed by atoms with Crippen LogP contribution >= 0.6 is 39.1 Å². The average Bonchev–Trinajstić information content (AvgIpc) is 2.96. The van der Waals surface area contributed by atoms with Gasteiger partial charge >= 0.3 is 12.0 Å². The second-order valence-electron chi connectivity index (χ2n) is 7.61. The molecule has 4 rings (SSSR count). The monoisotopic (exact) mass is 540 g/mol. The molecule has 32 heavy (non-hydrogen) atoms. The van der Waals surface area contributed by atoms with E-state index in [2.05, 4.69) is 20.9 Å². The molecule has 0 radical (unpaired) electrons. The third-order valence-corrected chi connectivity index (χ3v) is 6.54. The number of hydrogen-bond acceptors (Lipinski definition) is 6. The van der Waals surface area contributed by atoms with E-state index in [-0.39, 0.29) is 29.0 Å². The van der Waals surface area contributed by atoms with Crippen LogP contribution in [0.2, 0.25) is 10.3 Å². The van der Waals surface area contributed by atoms with Gasteiger partial charge in [0.05, 0.1) is 12.8 Å². The second-order valence-corrected chi connectivity index (χ2v) is 9.30. The Kier molecular flexibility index (Phi) is 6.44. The Hall–Kier alpha value is -2.20.